The van der Waals surface area contributed by atoms with Crippen molar-refractivity contribution in [3.8, 4) is 0 Å². The van der Waals surface area contributed by atoms with Crippen LogP contribution in [0.2, 0.25) is 0 Å². The number of likely N-dealkylation sites (tertiary alicyclic amines) is 1. The lowest BCUT2D eigenvalue weighted by Gasteiger charge is -2.32. The molecule has 1 N–H and O–H groups in total. The summed E-state index contributed by atoms with van der Waals surface area (Å²) in [5.41, 5.74) is 4.70. The summed E-state index contributed by atoms with van der Waals surface area (Å²) < 4.78 is 6.27. The standard InChI is InChI=1S/C20H24N6O3/c1-12-16(24-29-23-12)10-19(27)25-8-4-5-13(11-25)17-9-18-21-15-7-3-2-6-14(15)20(28)26(18)22-17/h9,13,22H,2-8,10-11H2,1H3/t13-/m1/s1. The first-order chi connectivity index (χ1) is 14.1. The number of H-pyrrole nitrogens is 1. The second-order valence-electron chi connectivity index (χ2n) is 8.11. The Morgan fingerprint density at radius 2 is 2.14 bits per heavy atom. The fraction of sp³-hybridized carbons (Fsp3) is 0.550. The molecule has 1 fully saturated rings. The molecule has 9 heteroatoms. The van der Waals surface area contributed by atoms with Gasteiger partial charge in [0.1, 0.15) is 11.4 Å². The van der Waals surface area contributed by atoms with Gasteiger partial charge in [0.05, 0.1) is 12.1 Å². The second kappa shape index (κ2) is 7.13. The predicted octanol–water partition coefficient (Wildman–Crippen LogP) is 1.54. The van der Waals surface area contributed by atoms with E-state index in [0.29, 0.717) is 23.6 Å². The van der Waals surface area contributed by atoms with Gasteiger partial charge in [-0.2, -0.15) is 0 Å². The number of amides is 1. The van der Waals surface area contributed by atoms with Gasteiger partial charge in [-0.05, 0) is 45.4 Å². The summed E-state index contributed by atoms with van der Waals surface area (Å²) in [6.07, 6.45) is 5.90. The average molecular weight is 396 g/mol. The number of carbonyl (C=O) groups is 1. The van der Waals surface area contributed by atoms with Gasteiger partial charge in [-0.25, -0.2) is 14.1 Å². The van der Waals surface area contributed by atoms with E-state index in [1.54, 1.807) is 11.4 Å². The molecule has 152 valence electrons. The van der Waals surface area contributed by atoms with Crippen LogP contribution in [0.3, 0.4) is 0 Å². The third-order valence-electron chi connectivity index (χ3n) is 6.18. The number of carbonyl (C=O) groups excluding carboxylic acids is 1. The van der Waals surface area contributed by atoms with Gasteiger partial charge in [0, 0.05) is 36.3 Å². The molecular formula is C20H24N6O3. The summed E-state index contributed by atoms with van der Waals surface area (Å²) >= 11 is 0. The van der Waals surface area contributed by atoms with Crippen LogP contribution in [-0.4, -0.2) is 48.8 Å². The van der Waals surface area contributed by atoms with Crippen LogP contribution in [0, 0.1) is 6.92 Å². The van der Waals surface area contributed by atoms with Crippen molar-refractivity contribution in [1.29, 1.82) is 0 Å². The van der Waals surface area contributed by atoms with E-state index < -0.39 is 0 Å². The Bertz CT molecular complexity index is 1130. The van der Waals surface area contributed by atoms with Crippen molar-refractivity contribution in [1.82, 2.24) is 29.8 Å². The zero-order valence-corrected chi connectivity index (χ0v) is 16.5. The van der Waals surface area contributed by atoms with E-state index in [1.165, 1.54) is 0 Å². The number of piperidine rings is 1. The Labute approximate surface area is 167 Å². The fourth-order valence-corrected chi connectivity index (χ4v) is 4.51. The van der Waals surface area contributed by atoms with Crippen molar-refractivity contribution in [3.63, 3.8) is 0 Å². The maximum atomic E-state index is 12.9. The summed E-state index contributed by atoms with van der Waals surface area (Å²) in [4.78, 5) is 32.2. The van der Waals surface area contributed by atoms with Crippen LogP contribution in [0.25, 0.3) is 5.65 Å². The highest BCUT2D eigenvalue weighted by molar-refractivity contribution is 5.78. The van der Waals surface area contributed by atoms with E-state index in [9.17, 15) is 9.59 Å². The highest BCUT2D eigenvalue weighted by Crippen LogP contribution is 2.27. The summed E-state index contributed by atoms with van der Waals surface area (Å²) in [5, 5.41) is 10.8. The molecule has 0 radical (unpaired) electrons. The number of nitrogens with zero attached hydrogens (tertiary/aromatic N) is 5. The minimum Gasteiger partial charge on any atom is -0.342 e. The van der Waals surface area contributed by atoms with Crippen molar-refractivity contribution in [2.45, 2.75) is 57.8 Å². The molecular weight excluding hydrogens is 372 g/mol. The number of hydrogen-bond acceptors (Lipinski definition) is 6. The van der Waals surface area contributed by atoms with Crippen LogP contribution in [0.15, 0.2) is 15.5 Å². The van der Waals surface area contributed by atoms with E-state index in [0.717, 1.165) is 62.0 Å². The molecule has 5 rings (SSSR count). The molecule has 0 unspecified atom stereocenters. The molecule has 0 spiro atoms. The normalized spacial score (nSPS) is 19.5. The molecule has 2 aliphatic rings. The molecule has 29 heavy (non-hydrogen) atoms. The zero-order valence-electron chi connectivity index (χ0n) is 16.5. The van der Waals surface area contributed by atoms with Crippen molar-refractivity contribution < 1.29 is 9.42 Å². The summed E-state index contributed by atoms with van der Waals surface area (Å²) in [5.74, 6) is 0.178. The maximum absolute atomic E-state index is 12.9. The predicted molar refractivity (Wildman–Crippen MR) is 104 cm³/mol. The van der Waals surface area contributed by atoms with E-state index in [1.807, 2.05) is 11.0 Å². The monoisotopic (exact) mass is 396 g/mol. The number of fused-ring (bicyclic) bond motifs is 2. The first kappa shape index (κ1) is 18.1. The third kappa shape index (κ3) is 3.24. The van der Waals surface area contributed by atoms with Crippen LogP contribution in [0.1, 0.15) is 59.9 Å². The molecule has 0 saturated carbocycles. The van der Waals surface area contributed by atoms with Crippen molar-refractivity contribution >= 4 is 11.6 Å². The molecule has 1 saturated heterocycles. The van der Waals surface area contributed by atoms with E-state index in [4.69, 9.17) is 9.61 Å². The van der Waals surface area contributed by atoms with Crippen molar-refractivity contribution in [2.75, 3.05) is 13.1 Å². The molecule has 9 nitrogen and oxygen atoms in total. The van der Waals surface area contributed by atoms with Crippen LogP contribution in [0.4, 0.5) is 0 Å². The van der Waals surface area contributed by atoms with Gasteiger partial charge in [0.2, 0.25) is 5.91 Å². The lowest BCUT2D eigenvalue weighted by atomic mass is 9.94. The highest BCUT2D eigenvalue weighted by Gasteiger charge is 2.28. The fourth-order valence-electron chi connectivity index (χ4n) is 4.51. The first-order valence-corrected chi connectivity index (χ1v) is 10.3. The van der Waals surface area contributed by atoms with E-state index in [2.05, 4.69) is 15.4 Å². The Morgan fingerprint density at radius 1 is 1.28 bits per heavy atom. The van der Waals surface area contributed by atoms with Gasteiger partial charge in [-0.1, -0.05) is 10.3 Å². The Kier molecular flexibility index (Phi) is 4.44. The smallest absolute Gasteiger partial charge is 0.276 e. The van der Waals surface area contributed by atoms with Crippen molar-refractivity contribution in [3.05, 3.63) is 44.8 Å². The highest BCUT2D eigenvalue weighted by atomic mass is 16.6. The molecule has 3 aromatic rings. The Hall–Kier alpha value is -2.97. The number of aryl methyl sites for hydroxylation is 2. The van der Waals surface area contributed by atoms with Gasteiger partial charge in [-0.15, -0.1) is 0 Å². The zero-order chi connectivity index (χ0) is 20.0. The van der Waals surface area contributed by atoms with Gasteiger partial charge >= 0.3 is 0 Å². The van der Waals surface area contributed by atoms with Gasteiger partial charge in [-0.3, -0.25) is 14.7 Å². The van der Waals surface area contributed by atoms with Gasteiger partial charge < -0.3 is 4.90 Å². The van der Waals surface area contributed by atoms with Gasteiger partial charge in [0.25, 0.3) is 5.56 Å². The van der Waals surface area contributed by atoms with Crippen molar-refractivity contribution in [2.24, 2.45) is 0 Å². The molecule has 1 atom stereocenters. The third-order valence-corrected chi connectivity index (χ3v) is 6.18. The number of aromatic amines is 1. The largest absolute Gasteiger partial charge is 0.342 e. The van der Waals surface area contributed by atoms with E-state index in [-0.39, 0.29) is 23.8 Å². The second-order valence-corrected chi connectivity index (χ2v) is 8.11. The quantitative estimate of drug-likeness (QED) is 0.719. The van der Waals surface area contributed by atoms with Crippen LogP contribution < -0.4 is 5.56 Å². The summed E-state index contributed by atoms with van der Waals surface area (Å²) in [6.45, 7) is 3.13. The molecule has 1 aliphatic carbocycles. The van der Waals surface area contributed by atoms with E-state index >= 15 is 0 Å². The molecule has 3 aromatic heterocycles. The SMILES string of the molecule is Cc1nonc1CC(=O)N1CCC[C@@H](c2cc3nc4c(c(=O)n3[nH]2)CCCC4)C1. The summed E-state index contributed by atoms with van der Waals surface area (Å²) in [6, 6.07) is 1.97. The number of aromatic nitrogens is 5. The maximum Gasteiger partial charge on any atom is 0.276 e. The summed E-state index contributed by atoms with van der Waals surface area (Å²) in [7, 11) is 0. The Morgan fingerprint density at radius 3 is 2.97 bits per heavy atom. The number of rotatable bonds is 3. The van der Waals surface area contributed by atoms with Crippen LogP contribution in [-0.2, 0) is 24.1 Å². The molecule has 0 aromatic carbocycles. The molecule has 0 bridgehead atoms. The minimum atomic E-state index is 0.0219. The number of hydrogen-bond donors (Lipinski definition) is 1. The average Bonchev–Trinajstić information content (AvgIpc) is 3.35. The minimum absolute atomic E-state index is 0.0219. The van der Waals surface area contributed by atoms with Crippen LogP contribution >= 0.6 is 0 Å². The lowest BCUT2D eigenvalue weighted by Crippen LogP contribution is -2.40. The van der Waals surface area contributed by atoms with Crippen LogP contribution in [0.5, 0.6) is 0 Å². The lowest BCUT2D eigenvalue weighted by molar-refractivity contribution is -0.131. The topological polar surface area (TPSA) is 109 Å². The van der Waals surface area contributed by atoms with Gasteiger partial charge in [0.15, 0.2) is 5.65 Å². The first-order valence-electron chi connectivity index (χ1n) is 10.3. The number of nitrogens with one attached hydrogen (secondary N) is 1. The molecule has 1 amide bonds. The molecule has 1 aliphatic heterocycles. The molecule has 4 heterocycles. The Balaban J connectivity index is 1.38.